The molecule has 1 heterocycles. The summed E-state index contributed by atoms with van der Waals surface area (Å²) in [7, 11) is 0. The van der Waals surface area contributed by atoms with Crippen molar-refractivity contribution in [3.8, 4) is 0 Å². The molecular formula is C10H13N3O2. The molecule has 0 radical (unpaired) electrons. The average Bonchev–Trinajstić information content (AvgIpc) is 2.40. The Kier molecular flexibility index (Phi) is 2.45. The van der Waals surface area contributed by atoms with Gasteiger partial charge in [-0.25, -0.2) is 0 Å². The van der Waals surface area contributed by atoms with Crippen LogP contribution in [0.2, 0.25) is 0 Å². The van der Waals surface area contributed by atoms with Crippen LogP contribution in [-0.2, 0) is 0 Å². The molecule has 0 bridgehead atoms. The van der Waals surface area contributed by atoms with Crippen LogP contribution in [0, 0.1) is 16.0 Å². The lowest BCUT2D eigenvalue weighted by Crippen LogP contribution is -2.14. The number of nitrogens with one attached hydrogen (secondary N) is 2. The van der Waals surface area contributed by atoms with Crippen LogP contribution in [0.1, 0.15) is 6.92 Å². The fourth-order valence-electron chi connectivity index (χ4n) is 1.66. The van der Waals surface area contributed by atoms with Crippen LogP contribution in [0.25, 0.3) is 0 Å². The van der Waals surface area contributed by atoms with Gasteiger partial charge in [0.15, 0.2) is 0 Å². The highest BCUT2D eigenvalue weighted by Gasteiger charge is 2.20. The van der Waals surface area contributed by atoms with E-state index in [0.29, 0.717) is 11.6 Å². The maximum absolute atomic E-state index is 10.8. The van der Waals surface area contributed by atoms with E-state index in [0.717, 1.165) is 18.8 Å². The van der Waals surface area contributed by atoms with Gasteiger partial charge in [-0.05, 0) is 12.0 Å². The molecule has 0 saturated carbocycles. The molecule has 1 atom stereocenters. The van der Waals surface area contributed by atoms with Gasteiger partial charge in [0.25, 0.3) is 5.69 Å². The van der Waals surface area contributed by atoms with Crippen molar-refractivity contribution in [1.82, 2.24) is 0 Å². The van der Waals surface area contributed by atoms with Crippen LogP contribution in [0.5, 0.6) is 0 Å². The summed E-state index contributed by atoms with van der Waals surface area (Å²) in [4.78, 5) is 10.4. The van der Waals surface area contributed by atoms with Gasteiger partial charge in [0.1, 0.15) is 5.69 Å². The summed E-state index contributed by atoms with van der Waals surface area (Å²) in [6.45, 7) is 3.68. The molecule has 0 aliphatic carbocycles. The second-order valence-electron chi connectivity index (χ2n) is 3.82. The number of fused-ring (bicyclic) bond motifs is 1. The first kappa shape index (κ1) is 9.76. The van der Waals surface area contributed by atoms with E-state index in [1.165, 1.54) is 6.07 Å². The first-order valence-corrected chi connectivity index (χ1v) is 4.93. The summed E-state index contributed by atoms with van der Waals surface area (Å²) < 4.78 is 0. The van der Waals surface area contributed by atoms with Crippen LogP contribution >= 0.6 is 0 Å². The van der Waals surface area contributed by atoms with Crippen LogP contribution in [0.15, 0.2) is 18.2 Å². The lowest BCUT2D eigenvalue weighted by atomic mass is 10.2. The number of nitro groups is 1. The molecule has 1 aromatic carbocycles. The maximum atomic E-state index is 10.8. The predicted molar refractivity (Wildman–Crippen MR) is 59.2 cm³/mol. The molecule has 2 N–H and O–H groups in total. The Morgan fingerprint density at radius 3 is 2.87 bits per heavy atom. The Bertz CT molecular complexity index is 392. The minimum atomic E-state index is -0.358. The number of nitrogens with zero attached hydrogens (tertiary/aromatic N) is 1. The van der Waals surface area contributed by atoms with Gasteiger partial charge < -0.3 is 10.6 Å². The molecule has 5 nitrogen and oxygen atoms in total. The standard InChI is InChI=1S/C10H13N3O2/c1-7-5-11-8-3-2-4-9(13(14)15)10(8)12-6-7/h2-4,7,11-12H,5-6H2,1H3. The maximum Gasteiger partial charge on any atom is 0.294 e. The second-order valence-corrected chi connectivity index (χ2v) is 3.82. The van der Waals surface area contributed by atoms with Crippen LogP contribution in [-0.4, -0.2) is 18.0 Å². The minimum Gasteiger partial charge on any atom is -0.383 e. The second kappa shape index (κ2) is 3.76. The van der Waals surface area contributed by atoms with Gasteiger partial charge in [-0.15, -0.1) is 0 Å². The van der Waals surface area contributed by atoms with Gasteiger partial charge in [-0.2, -0.15) is 0 Å². The molecule has 15 heavy (non-hydrogen) atoms. The number of nitro benzene ring substituents is 1. The van der Waals surface area contributed by atoms with Gasteiger partial charge in [0.2, 0.25) is 0 Å². The van der Waals surface area contributed by atoms with Crippen LogP contribution in [0.4, 0.5) is 17.1 Å². The highest BCUT2D eigenvalue weighted by molar-refractivity contribution is 5.79. The Morgan fingerprint density at radius 2 is 2.13 bits per heavy atom. The molecule has 0 saturated heterocycles. The summed E-state index contributed by atoms with van der Waals surface area (Å²) in [5.41, 5.74) is 1.55. The zero-order chi connectivity index (χ0) is 10.8. The number of anilines is 2. The van der Waals surface area contributed by atoms with Crippen molar-refractivity contribution in [3.05, 3.63) is 28.3 Å². The summed E-state index contributed by atoms with van der Waals surface area (Å²) in [6, 6.07) is 5.07. The summed E-state index contributed by atoms with van der Waals surface area (Å²) >= 11 is 0. The molecule has 0 aromatic heterocycles. The molecule has 1 aliphatic heterocycles. The van der Waals surface area contributed by atoms with Crippen LogP contribution < -0.4 is 10.6 Å². The van der Waals surface area contributed by atoms with Crippen molar-refractivity contribution in [3.63, 3.8) is 0 Å². The van der Waals surface area contributed by atoms with Crippen molar-refractivity contribution >= 4 is 17.1 Å². The summed E-state index contributed by atoms with van der Waals surface area (Å²) in [6.07, 6.45) is 0. The fraction of sp³-hybridized carbons (Fsp3) is 0.400. The smallest absolute Gasteiger partial charge is 0.294 e. The summed E-state index contributed by atoms with van der Waals surface area (Å²) in [5, 5.41) is 17.1. The van der Waals surface area contributed by atoms with E-state index in [2.05, 4.69) is 17.6 Å². The normalized spacial score (nSPS) is 19.4. The third kappa shape index (κ3) is 1.86. The van der Waals surface area contributed by atoms with E-state index in [1.54, 1.807) is 6.07 Å². The van der Waals surface area contributed by atoms with E-state index >= 15 is 0 Å². The van der Waals surface area contributed by atoms with Gasteiger partial charge >= 0.3 is 0 Å². The lowest BCUT2D eigenvalue weighted by molar-refractivity contribution is -0.383. The quantitative estimate of drug-likeness (QED) is 0.546. The van der Waals surface area contributed by atoms with Gasteiger partial charge in [-0.3, -0.25) is 10.1 Å². The topological polar surface area (TPSA) is 67.2 Å². The lowest BCUT2D eigenvalue weighted by Gasteiger charge is -2.07. The van der Waals surface area contributed by atoms with Crippen molar-refractivity contribution in [2.45, 2.75) is 6.92 Å². The predicted octanol–water partition coefficient (Wildman–Crippen LogP) is 2.07. The Hall–Kier alpha value is -1.78. The van der Waals surface area contributed by atoms with Gasteiger partial charge in [0.05, 0.1) is 10.6 Å². The molecule has 0 amide bonds. The first-order chi connectivity index (χ1) is 7.18. The Labute approximate surface area is 87.6 Å². The molecule has 2 rings (SSSR count). The number of hydrogen-bond donors (Lipinski definition) is 2. The highest BCUT2D eigenvalue weighted by atomic mass is 16.6. The molecule has 0 spiro atoms. The first-order valence-electron chi connectivity index (χ1n) is 4.93. The van der Waals surface area contributed by atoms with Crippen molar-refractivity contribution in [2.24, 2.45) is 5.92 Å². The minimum absolute atomic E-state index is 0.133. The third-order valence-electron chi connectivity index (χ3n) is 2.51. The van der Waals surface area contributed by atoms with E-state index in [1.807, 2.05) is 6.07 Å². The number of benzene rings is 1. The SMILES string of the molecule is CC1CNc2cccc([N+](=O)[O-])c2NC1. The summed E-state index contributed by atoms with van der Waals surface area (Å²) in [5.74, 6) is 0.456. The van der Waals surface area contributed by atoms with E-state index in [9.17, 15) is 10.1 Å². The monoisotopic (exact) mass is 207 g/mol. The Balaban J connectivity index is 2.42. The molecule has 1 unspecified atom stereocenters. The van der Waals surface area contributed by atoms with E-state index in [4.69, 9.17) is 0 Å². The number of rotatable bonds is 1. The zero-order valence-electron chi connectivity index (χ0n) is 8.49. The van der Waals surface area contributed by atoms with Crippen molar-refractivity contribution < 1.29 is 4.92 Å². The largest absolute Gasteiger partial charge is 0.383 e. The van der Waals surface area contributed by atoms with Crippen molar-refractivity contribution in [1.29, 1.82) is 0 Å². The fourth-order valence-corrected chi connectivity index (χ4v) is 1.66. The molecule has 0 fully saturated rings. The van der Waals surface area contributed by atoms with Gasteiger partial charge in [0, 0.05) is 19.2 Å². The number of para-hydroxylation sites is 1. The third-order valence-corrected chi connectivity index (χ3v) is 2.51. The molecule has 1 aliphatic rings. The average molecular weight is 207 g/mol. The van der Waals surface area contributed by atoms with Crippen LogP contribution in [0.3, 0.4) is 0 Å². The van der Waals surface area contributed by atoms with Gasteiger partial charge in [-0.1, -0.05) is 13.0 Å². The molecule has 1 aromatic rings. The van der Waals surface area contributed by atoms with E-state index in [-0.39, 0.29) is 10.6 Å². The van der Waals surface area contributed by atoms with Crippen molar-refractivity contribution in [2.75, 3.05) is 23.7 Å². The molecule has 80 valence electrons. The Morgan fingerprint density at radius 1 is 1.40 bits per heavy atom. The number of hydrogen-bond acceptors (Lipinski definition) is 4. The molecular weight excluding hydrogens is 194 g/mol. The van der Waals surface area contributed by atoms with E-state index < -0.39 is 0 Å². The zero-order valence-corrected chi connectivity index (χ0v) is 8.49. The molecule has 5 heteroatoms. The highest BCUT2D eigenvalue weighted by Crippen LogP contribution is 2.33.